The summed E-state index contributed by atoms with van der Waals surface area (Å²) >= 11 is 7.12. The van der Waals surface area contributed by atoms with E-state index in [0.717, 1.165) is 0 Å². The van der Waals surface area contributed by atoms with Gasteiger partial charge in [-0.25, -0.2) is 4.68 Å². The molecule has 1 N–H and O–H groups in total. The van der Waals surface area contributed by atoms with Crippen molar-refractivity contribution in [1.29, 1.82) is 0 Å². The lowest BCUT2D eigenvalue weighted by molar-refractivity contribution is -0.113. The normalized spacial score (nSPS) is 10.6. The molecular formula is C14H12ClN5OS. The molecule has 0 aliphatic heterocycles. The van der Waals surface area contributed by atoms with E-state index in [2.05, 4.69) is 15.5 Å². The summed E-state index contributed by atoms with van der Waals surface area (Å²) in [4.78, 5) is 12.0. The highest BCUT2D eigenvalue weighted by Crippen LogP contribution is 2.17. The van der Waals surface area contributed by atoms with Gasteiger partial charge < -0.3 is 5.32 Å². The molecule has 2 aromatic heterocycles. The van der Waals surface area contributed by atoms with Gasteiger partial charge in [-0.1, -0.05) is 23.4 Å². The Labute approximate surface area is 136 Å². The molecule has 1 amide bonds. The number of amides is 1. The molecule has 0 spiro atoms. The maximum atomic E-state index is 12.0. The van der Waals surface area contributed by atoms with Gasteiger partial charge >= 0.3 is 0 Å². The van der Waals surface area contributed by atoms with Crippen LogP contribution >= 0.6 is 23.4 Å². The second-order valence-corrected chi connectivity index (χ2v) is 5.74. The number of aromatic nitrogens is 4. The van der Waals surface area contributed by atoms with E-state index in [1.807, 2.05) is 29.2 Å². The van der Waals surface area contributed by atoms with E-state index >= 15 is 0 Å². The van der Waals surface area contributed by atoms with Crippen molar-refractivity contribution in [1.82, 2.24) is 19.5 Å². The van der Waals surface area contributed by atoms with Crippen LogP contribution in [0.4, 0.5) is 5.69 Å². The third-order valence-corrected chi connectivity index (χ3v) is 3.98. The number of nitrogens with one attached hydrogen (secondary N) is 1. The van der Waals surface area contributed by atoms with Gasteiger partial charge in [-0.15, -0.1) is 10.2 Å². The van der Waals surface area contributed by atoms with Crippen molar-refractivity contribution < 1.29 is 4.79 Å². The highest BCUT2D eigenvalue weighted by atomic mass is 35.5. The van der Waals surface area contributed by atoms with Crippen molar-refractivity contribution in [3.8, 4) is 0 Å². The van der Waals surface area contributed by atoms with Gasteiger partial charge in [-0.2, -0.15) is 0 Å². The van der Waals surface area contributed by atoms with Crippen molar-refractivity contribution in [2.45, 2.75) is 5.16 Å². The fourth-order valence-corrected chi connectivity index (χ4v) is 2.64. The number of nitrogens with zero attached hydrogens (tertiary/aromatic N) is 4. The molecule has 0 atom stereocenters. The van der Waals surface area contributed by atoms with E-state index in [-0.39, 0.29) is 11.7 Å². The molecule has 0 saturated heterocycles. The zero-order valence-corrected chi connectivity index (χ0v) is 13.0. The quantitative estimate of drug-likeness (QED) is 0.729. The topological polar surface area (TPSA) is 64.7 Å². The standard InChI is InChI=1S/C14H12ClN5OS/c15-11-3-5-12(6-4-11)17-13(21)9-22-14-18-16-10-20(14)19-7-1-2-8-19/h1-8,10H,9H2,(H,17,21). The van der Waals surface area contributed by atoms with Gasteiger partial charge in [0.1, 0.15) is 6.33 Å². The number of halogens is 1. The van der Waals surface area contributed by atoms with Crippen LogP contribution in [0.2, 0.25) is 5.02 Å². The van der Waals surface area contributed by atoms with Crippen LogP contribution in [0.15, 0.2) is 60.3 Å². The minimum atomic E-state index is -0.116. The molecule has 0 bridgehead atoms. The average molecular weight is 334 g/mol. The third kappa shape index (κ3) is 3.49. The Morgan fingerprint density at radius 3 is 2.68 bits per heavy atom. The minimum absolute atomic E-state index is 0.116. The molecule has 0 radical (unpaired) electrons. The Kier molecular flexibility index (Phi) is 4.45. The van der Waals surface area contributed by atoms with Gasteiger partial charge in [-0.3, -0.25) is 9.47 Å². The molecule has 0 saturated carbocycles. The first-order chi connectivity index (χ1) is 10.7. The first-order valence-electron chi connectivity index (χ1n) is 6.44. The average Bonchev–Trinajstić information content (AvgIpc) is 3.18. The van der Waals surface area contributed by atoms with Gasteiger partial charge in [0.15, 0.2) is 0 Å². The molecule has 0 unspecified atom stereocenters. The fourth-order valence-electron chi connectivity index (χ4n) is 1.80. The number of rotatable bonds is 5. The Hall–Kier alpha value is -2.25. The number of carbonyl (C=O) groups is 1. The monoisotopic (exact) mass is 333 g/mol. The Morgan fingerprint density at radius 2 is 1.95 bits per heavy atom. The number of anilines is 1. The van der Waals surface area contributed by atoms with E-state index in [1.54, 1.807) is 35.3 Å². The molecule has 1 aromatic carbocycles. The summed E-state index contributed by atoms with van der Waals surface area (Å²) in [7, 11) is 0. The van der Waals surface area contributed by atoms with E-state index in [4.69, 9.17) is 11.6 Å². The molecule has 3 aromatic rings. The van der Waals surface area contributed by atoms with Gasteiger partial charge in [0.05, 0.1) is 5.75 Å². The molecule has 6 nitrogen and oxygen atoms in total. The highest BCUT2D eigenvalue weighted by molar-refractivity contribution is 7.99. The summed E-state index contributed by atoms with van der Waals surface area (Å²) in [6, 6.07) is 10.8. The van der Waals surface area contributed by atoms with Crippen LogP contribution in [0.1, 0.15) is 0 Å². The van der Waals surface area contributed by atoms with Crippen molar-refractivity contribution in [2.24, 2.45) is 0 Å². The molecule has 3 rings (SSSR count). The molecule has 112 valence electrons. The summed E-state index contributed by atoms with van der Waals surface area (Å²) in [6.45, 7) is 0. The van der Waals surface area contributed by atoms with Crippen LogP contribution in [0.3, 0.4) is 0 Å². The largest absolute Gasteiger partial charge is 0.325 e. The zero-order valence-electron chi connectivity index (χ0n) is 11.4. The van der Waals surface area contributed by atoms with E-state index in [9.17, 15) is 4.79 Å². The van der Waals surface area contributed by atoms with E-state index < -0.39 is 0 Å². The van der Waals surface area contributed by atoms with Crippen LogP contribution in [0.5, 0.6) is 0 Å². The second-order valence-electron chi connectivity index (χ2n) is 4.36. The SMILES string of the molecule is O=C(CSc1nncn1-n1cccc1)Nc1ccc(Cl)cc1. The summed E-state index contributed by atoms with van der Waals surface area (Å²) < 4.78 is 3.60. The molecular weight excluding hydrogens is 322 g/mol. The molecule has 8 heteroatoms. The summed E-state index contributed by atoms with van der Waals surface area (Å²) in [6.07, 6.45) is 5.35. The molecule has 0 fully saturated rings. The molecule has 22 heavy (non-hydrogen) atoms. The predicted octanol–water partition coefficient (Wildman–Crippen LogP) is 2.78. The van der Waals surface area contributed by atoms with Crippen molar-refractivity contribution in [2.75, 3.05) is 11.1 Å². The second kappa shape index (κ2) is 6.67. The lowest BCUT2D eigenvalue weighted by Crippen LogP contribution is -2.15. The van der Waals surface area contributed by atoms with Crippen LogP contribution in [0, 0.1) is 0 Å². The third-order valence-electron chi connectivity index (χ3n) is 2.80. The Balaban J connectivity index is 1.60. The van der Waals surface area contributed by atoms with E-state index in [1.165, 1.54) is 11.8 Å². The predicted molar refractivity (Wildman–Crippen MR) is 86.1 cm³/mol. The fraction of sp³-hybridized carbons (Fsp3) is 0.0714. The Morgan fingerprint density at radius 1 is 1.23 bits per heavy atom. The van der Waals surface area contributed by atoms with E-state index in [0.29, 0.717) is 15.9 Å². The number of hydrogen-bond acceptors (Lipinski definition) is 4. The summed E-state index contributed by atoms with van der Waals surface area (Å²) in [5, 5.41) is 12.0. The lowest BCUT2D eigenvalue weighted by atomic mass is 10.3. The summed E-state index contributed by atoms with van der Waals surface area (Å²) in [5.74, 6) is 0.122. The van der Waals surface area contributed by atoms with Crippen LogP contribution in [0.25, 0.3) is 0 Å². The van der Waals surface area contributed by atoms with Crippen molar-refractivity contribution >= 4 is 35.0 Å². The lowest BCUT2D eigenvalue weighted by Gasteiger charge is -2.07. The van der Waals surface area contributed by atoms with Gasteiger partial charge in [-0.05, 0) is 36.4 Å². The number of benzene rings is 1. The van der Waals surface area contributed by atoms with Crippen molar-refractivity contribution in [3.63, 3.8) is 0 Å². The Bertz CT molecular complexity index is 754. The maximum Gasteiger partial charge on any atom is 0.234 e. The smallest absolute Gasteiger partial charge is 0.234 e. The number of hydrogen-bond donors (Lipinski definition) is 1. The minimum Gasteiger partial charge on any atom is -0.325 e. The summed E-state index contributed by atoms with van der Waals surface area (Å²) in [5.41, 5.74) is 0.710. The molecule has 0 aliphatic carbocycles. The first-order valence-corrected chi connectivity index (χ1v) is 7.80. The number of carbonyl (C=O) groups excluding carboxylic acids is 1. The maximum absolute atomic E-state index is 12.0. The van der Waals surface area contributed by atoms with Gasteiger partial charge in [0.25, 0.3) is 0 Å². The molecule has 2 heterocycles. The van der Waals surface area contributed by atoms with Crippen molar-refractivity contribution in [3.05, 3.63) is 60.1 Å². The first kappa shape index (κ1) is 14.7. The highest BCUT2D eigenvalue weighted by Gasteiger charge is 2.09. The molecule has 0 aliphatic rings. The van der Waals surface area contributed by atoms with Crippen LogP contribution in [-0.2, 0) is 4.79 Å². The van der Waals surface area contributed by atoms with Gasteiger partial charge in [0, 0.05) is 23.1 Å². The number of thioether (sulfide) groups is 1. The van der Waals surface area contributed by atoms with Crippen LogP contribution in [-0.4, -0.2) is 31.2 Å². The van der Waals surface area contributed by atoms with Gasteiger partial charge in [0.2, 0.25) is 11.1 Å². The zero-order chi connectivity index (χ0) is 15.4. The van der Waals surface area contributed by atoms with Crippen LogP contribution < -0.4 is 5.32 Å².